The van der Waals surface area contributed by atoms with E-state index in [1.807, 2.05) is 42.7 Å². The highest BCUT2D eigenvalue weighted by molar-refractivity contribution is 7.98. The highest BCUT2D eigenvalue weighted by Crippen LogP contribution is 2.08. The molecule has 0 saturated heterocycles. The van der Waals surface area contributed by atoms with Gasteiger partial charge < -0.3 is 26.8 Å². The van der Waals surface area contributed by atoms with Gasteiger partial charge in [-0.05, 0) is 36.0 Å². The fourth-order valence-corrected chi connectivity index (χ4v) is 4.25. The summed E-state index contributed by atoms with van der Waals surface area (Å²) in [5.74, 6) is -2.44. The number of thiol groups is 1. The second-order valence-corrected chi connectivity index (χ2v) is 9.82. The number of rotatable bonds is 15. The number of hydrogen-bond donors (Lipinski definition) is 6. The first-order valence-corrected chi connectivity index (χ1v) is 13.8. The molecule has 4 unspecified atom stereocenters. The second kappa shape index (κ2) is 16.0. The average Bonchev–Trinajstić information content (AvgIpc) is 2.89. The van der Waals surface area contributed by atoms with E-state index in [0.717, 1.165) is 11.1 Å². The molecule has 200 valence electrons. The molecule has 0 aliphatic carbocycles. The summed E-state index contributed by atoms with van der Waals surface area (Å²) in [6.07, 6.45) is 2.65. The smallest absolute Gasteiger partial charge is 0.327 e. The van der Waals surface area contributed by atoms with E-state index in [2.05, 4.69) is 28.6 Å². The molecule has 2 aromatic carbocycles. The normalized spacial score (nSPS) is 14.0. The summed E-state index contributed by atoms with van der Waals surface area (Å²) in [6.45, 7) is 0. The van der Waals surface area contributed by atoms with Gasteiger partial charge in [-0.2, -0.15) is 24.4 Å². The van der Waals surface area contributed by atoms with Crippen LogP contribution in [0, 0.1) is 0 Å². The Balaban J connectivity index is 2.15. The minimum Gasteiger partial charge on any atom is -0.480 e. The molecule has 2 aromatic rings. The van der Waals surface area contributed by atoms with Crippen LogP contribution < -0.4 is 21.7 Å². The van der Waals surface area contributed by atoms with Gasteiger partial charge in [-0.1, -0.05) is 60.7 Å². The van der Waals surface area contributed by atoms with Gasteiger partial charge in [0.15, 0.2) is 0 Å². The van der Waals surface area contributed by atoms with Gasteiger partial charge in [0.05, 0.1) is 6.04 Å². The van der Waals surface area contributed by atoms with Crippen LogP contribution in [0.15, 0.2) is 60.7 Å². The molecule has 0 heterocycles. The molecular weight excluding hydrogens is 512 g/mol. The Morgan fingerprint density at radius 2 is 1.30 bits per heavy atom. The summed E-state index contributed by atoms with van der Waals surface area (Å²) in [4.78, 5) is 50.5. The lowest BCUT2D eigenvalue weighted by Gasteiger charge is -2.25. The van der Waals surface area contributed by atoms with Crippen LogP contribution in [0.4, 0.5) is 0 Å². The highest BCUT2D eigenvalue weighted by Gasteiger charge is 2.30. The number of carbonyl (C=O) groups is 4. The number of carboxylic acids is 1. The third kappa shape index (κ3) is 10.5. The highest BCUT2D eigenvalue weighted by atomic mass is 32.2. The molecule has 3 amide bonds. The lowest BCUT2D eigenvalue weighted by atomic mass is 10.0. The molecule has 4 atom stereocenters. The zero-order valence-electron chi connectivity index (χ0n) is 20.6. The van der Waals surface area contributed by atoms with Crippen molar-refractivity contribution in [3.05, 3.63) is 71.8 Å². The fourth-order valence-electron chi connectivity index (χ4n) is 3.53. The van der Waals surface area contributed by atoms with Crippen LogP contribution in [-0.4, -0.2) is 70.7 Å². The Hall–Kier alpha value is -3.02. The van der Waals surface area contributed by atoms with Gasteiger partial charge in [0.2, 0.25) is 17.7 Å². The van der Waals surface area contributed by atoms with Crippen molar-refractivity contribution in [2.24, 2.45) is 5.73 Å². The standard InChI is InChI=1S/C26H34N4O5S2/c1-37-13-12-20(28-23(31)19(27)14-17-8-4-2-5-9-17)24(32)29-21(15-18-10-6-3-7-11-18)25(33)30-22(16-36)26(34)35/h2-11,19-22,36H,12-16,27H2,1H3,(H,28,31)(H,29,32)(H,30,33)(H,34,35). The summed E-state index contributed by atoms with van der Waals surface area (Å²) in [5.41, 5.74) is 7.77. The SMILES string of the molecule is CSCCC(NC(=O)C(N)Cc1ccccc1)C(=O)NC(Cc1ccccc1)C(=O)NC(CS)C(=O)O. The molecular formula is C26H34N4O5S2. The zero-order chi connectivity index (χ0) is 27.2. The van der Waals surface area contributed by atoms with Crippen molar-refractivity contribution in [1.29, 1.82) is 0 Å². The van der Waals surface area contributed by atoms with Gasteiger partial charge in [0.25, 0.3) is 0 Å². The monoisotopic (exact) mass is 546 g/mol. The van der Waals surface area contributed by atoms with Crippen LogP contribution in [0.1, 0.15) is 17.5 Å². The number of aliphatic carboxylic acids is 1. The molecule has 37 heavy (non-hydrogen) atoms. The van der Waals surface area contributed by atoms with Crippen LogP contribution in [-0.2, 0) is 32.0 Å². The Morgan fingerprint density at radius 3 is 1.81 bits per heavy atom. The molecule has 0 fully saturated rings. The van der Waals surface area contributed by atoms with E-state index in [9.17, 15) is 24.3 Å². The van der Waals surface area contributed by atoms with E-state index < -0.39 is 47.9 Å². The van der Waals surface area contributed by atoms with Crippen molar-refractivity contribution in [3.8, 4) is 0 Å². The summed E-state index contributed by atoms with van der Waals surface area (Å²) in [6, 6.07) is 14.3. The van der Waals surface area contributed by atoms with E-state index in [0.29, 0.717) is 18.6 Å². The van der Waals surface area contributed by atoms with Gasteiger partial charge in [0, 0.05) is 12.2 Å². The molecule has 0 radical (unpaired) electrons. The van der Waals surface area contributed by atoms with E-state index in [1.54, 1.807) is 24.3 Å². The topological polar surface area (TPSA) is 151 Å². The summed E-state index contributed by atoms with van der Waals surface area (Å²) < 4.78 is 0. The van der Waals surface area contributed by atoms with Crippen LogP contribution in [0.5, 0.6) is 0 Å². The molecule has 0 spiro atoms. The quantitative estimate of drug-likeness (QED) is 0.183. The third-order valence-electron chi connectivity index (χ3n) is 5.59. The van der Waals surface area contributed by atoms with Crippen molar-refractivity contribution < 1.29 is 24.3 Å². The van der Waals surface area contributed by atoms with Crippen LogP contribution in [0.2, 0.25) is 0 Å². The van der Waals surface area contributed by atoms with Crippen LogP contribution in [0.25, 0.3) is 0 Å². The number of carbonyl (C=O) groups excluding carboxylic acids is 3. The maximum absolute atomic E-state index is 13.3. The number of amides is 3. The van der Waals surface area contributed by atoms with Gasteiger partial charge in [-0.25, -0.2) is 4.79 Å². The number of thioether (sulfide) groups is 1. The lowest BCUT2D eigenvalue weighted by Crippen LogP contribution is -2.58. The Kier molecular flexibility index (Phi) is 13.0. The first-order valence-electron chi connectivity index (χ1n) is 11.8. The molecule has 0 aliphatic rings. The summed E-state index contributed by atoms with van der Waals surface area (Å²) >= 11 is 5.50. The zero-order valence-corrected chi connectivity index (χ0v) is 22.3. The predicted octanol–water partition coefficient (Wildman–Crippen LogP) is 1.02. The molecule has 0 aliphatic heterocycles. The lowest BCUT2D eigenvalue weighted by molar-refractivity contribution is -0.141. The van der Waals surface area contributed by atoms with E-state index in [1.165, 1.54) is 11.8 Å². The summed E-state index contributed by atoms with van der Waals surface area (Å²) in [5, 5.41) is 17.1. The molecule has 0 bridgehead atoms. The van der Waals surface area contributed by atoms with E-state index in [-0.39, 0.29) is 12.2 Å². The number of nitrogens with two attached hydrogens (primary N) is 1. The van der Waals surface area contributed by atoms with E-state index >= 15 is 0 Å². The second-order valence-electron chi connectivity index (χ2n) is 8.47. The number of carboxylic acid groups (broad SMARTS) is 1. The summed E-state index contributed by atoms with van der Waals surface area (Å²) in [7, 11) is 0. The number of nitrogens with one attached hydrogen (secondary N) is 3. The van der Waals surface area contributed by atoms with Gasteiger partial charge in [0.1, 0.15) is 18.1 Å². The molecule has 2 rings (SSSR count). The maximum Gasteiger partial charge on any atom is 0.327 e. The van der Waals surface area contributed by atoms with Crippen molar-refractivity contribution in [1.82, 2.24) is 16.0 Å². The molecule has 0 aromatic heterocycles. The Morgan fingerprint density at radius 1 is 0.811 bits per heavy atom. The van der Waals surface area contributed by atoms with Crippen molar-refractivity contribution >= 4 is 48.1 Å². The first-order chi connectivity index (χ1) is 17.7. The van der Waals surface area contributed by atoms with Crippen LogP contribution in [0.3, 0.4) is 0 Å². The Labute approximate surface area is 226 Å². The minimum atomic E-state index is -1.23. The van der Waals surface area contributed by atoms with Crippen molar-refractivity contribution in [2.45, 2.75) is 43.4 Å². The van der Waals surface area contributed by atoms with Gasteiger partial charge >= 0.3 is 5.97 Å². The maximum atomic E-state index is 13.3. The fraction of sp³-hybridized carbons (Fsp3) is 0.385. The van der Waals surface area contributed by atoms with Crippen molar-refractivity contribution in [2.75, 3.05) is 17.8 Å². The molecule has 6 N–H and O–H groups in total. The largest absolute Gasteiger partial charge is 0.480 e. The molecule has 11 heteroatoms. The van der Waals surface area contributed by atoms with E-state index in [4.69, 9.17) is 5.73 Å². The average molecular weight is 547 g/mol. The predicted molar refractivity (Wildman–Crippen MR) is 149 cm³/mol. The van der Waals surface area contributed by atoms with Gasteiger partial charge in [-0.15, -0.1) is 0 Å². The third-order valence-corrected chi connectivity index (χ3v) is 6.60. The van der Waals surface area contributed by atoms with Gasteiger partial charge in [-0.3, -0.25) is 14.4 Å². The molecule has 0 saturated carbocycles. The number of benzene rings is 2. The molecule has 9 nitrogen and oxygen atoms in total. The Bertz CT molecular complexity index is 1030. The van der Waals surface area contributed by atoms with Crippen molar-refractivity contribution in [3.63, 3.8) is 0 Å². The van der Waals surface area contributed by atoms with Crippen LogP contribution >= 0.6 is 24.4 Å². The minimum absolute atomic E-state index is 0.112. The first kappa shape index (κ1) is 30.2. The number of hydrogen-bond acceptors (Lipinski definition) is 7.